The molecule has 0 amide bonds. The third-order valence-electron chi connectivity index (χ3n) is 4.02. The van der Waals surface area contributed by atoms with Crippen LogP contribution in [0.3, 0.4) is 0 Å². The van der Waals surface area contributed by atoms with Crippen LogP contribution < -0.4 is 14.9 Å². The molecule has 0 bridgehead atoms. The third-order valence-corrected chi connectivity index (χ3v) is 4.30. The van der Waals surface area contributed by atoms with Crippen molar-refractivity contribution in [2.75, 3.05) is 12.5 Å². The molecule has 6 nitrogen and oxygen atoms in total. The summed E-state index contributed by atoms with van der Waals surface area (Å²) in [4.78, 5) is 0. The summed E-state index contributed by atoms with van der Waals surface area (Å²) >= 11 is 5.18. The van der Waals surface area contributed by atoms with Gasteiger partial charge in [-0.05, 0) is 49.3 Å². The normalized spacial score (nSPS) is 10.6. The Bertz CT molecular complexity index is 931. The standard InChI is InChI=1S/C19H22N4O2S/c1-13-4-6-15(7-5-13)12-25-17-9-8-16(10-18(17)24-3)11-20-23-14(2)21-22-19(23)26/h4-10,20H,11-12H2,1-3H3,(H,22,26). The molecule has 0 saturated heterocycles. The van der Waals surface area contributed by atoms with Gasteiger partial charge in [0.1, 0.15) is 12.4 Å². The Morgan fingerprint density at radius 2 is 1.81 bits per heavy atom. The van der Waals surface area contributed by atoms with Gasteiger partial charge in [-0.2, -0.15) is 5.10 Å². The zero-order valence-corrected chi connectivity index (χ0v) is 15.9. The van der Waals surface area contributed by atoms with Gasteiger partial charge in [-0.15, -0.1) is 0 Å². The van der Waals surface area contributed by atoms with E-state index in [2.05, 4.69) is 46.8 Å². The first kappa shape index (κ1) is 18.0. The Morgan fingerprint density at radius 3 is 2.46 bits per heavy atom. The maximum Gasteiger partial charge on any atom is 0.214 e. The predicted octanol–water partition coefficient (Wildman–Crippen LogP) is 3.89. The molecule has 3 aromatic rings. The quantitative estimate of drug-likeness (QED) is 0.618. The summed E-state index contributed by atoms with van der Waals surface area (Å²) in [6.45, 7) is 5.03. The van der Waals surface area contributed by atoms with Gasteiger partial charge in [0.05, 0.1) is 13.7 Å². The van der Waals surface area contributed by atoms with Crippen molar-refractivity contribution in [1.82, 2.24) is 14.9 Å². The lowest BCUT2D eigenvalue weighted by Gasteiger charge is -2.13. The number of methoxy groups -OCH3 is 1. The molecule has 0 aliphatic rings. The number of ether oxygens (including phenoxy) is 2. The van der Waals surface area contributed by atoms with E-state index in [1.807, 2.05) is 25.1 Å². The van der Waals surface area contributed by atoms with Crippen LogP contribution >= 0.6 is 12.2 Å². The minimum Gasteiger partial charge on any atom is -0.493 e. The Labute approximate surface area is 157 Å². The fraction of sp³-hybridized carbons (Fsp3) is 0.263. The van der Waals surface area contributed by atoms with E-state index in [4.69, 9.17) is 21.7 Å². The van der Waals surface area contributed by atoms with E-state index in [0.29, 0.717) is 29.4 Å². The Morgan fingerprint density at radius 1 is 1.08 bits per heavy atom. The maximum atomic E-state index is 5.92. The Hall–Kier alpha value is -2.80. The van der Waals surface area contributed by atoms with Crippen molar-refractivity contribution in [3.05, 3.63) is 69.8 Å². The molecule has 7 heteroatoms. The molecule has 2 N–H and O–H groups in total. The van der Waals surface area contributed by atoms with Crippen LogP contribution in [-0.4, -0.2) is 22.0 Å². The highest BCUT2D eigenvalue weighted by Gasteiger charge is 2.07. The van der Waals surface area contributed by atoms with Gasteiger partial charge in [0.2, 0.25) is 4.77 Å². The van der Waals surface area contributed by atoms with E-state index in [-0.39, 0.29) is 0 Å². The van der Waals surface area contributed by atoms with Gasteiger partial charge in [0, 0.05) is 0 Å². The van der Waals surface area contributed by atoms with Crippen molar-refractivity contribution in [2.45, 2.75) is 27.0 Å². The Kier molecular flexibility index (Phi) is 5.58. The first-order valence-corrected chi connectivity index (χ1v) is 8.71. The van der Waals surface area contributed by atoms with E-state index < -0.39 is 0 Å². The van der Waals surface area contributed by atoms with Crippen LogP contribution in [0.4, 0.5) is 0 Å². The summed E-state index contributed by atoms with van der Waals surface area (Å²) in [5.41, 5.74) is 6.63. The minimum atomic E-state index is 0.498. The molecule has 0 saturated carbocycles. The monoisotopic (exact) mass is 370 g/mol. The van der Waals surface area contributed by atoms with Crippen LogP contribution in [0.15, 0.2) is 42.5 Å². The van der Waals surface area contributed by atoms with Gasteiger partial charge in [0.15, 0.2) is 11.5 Å². The van der Waals surface area contributed by atoms with Crippen LogP contribution in [0, 0.1) is 18.6 Å². The highest BCUT2D eigenvalue weighted by molar-refractivity contribution is 7.71. The van der Waals surface area contributed by atoms with E-state index >= 15 is 0 Å². The average Bonchev–Trinajstić information content (AvgIpc) is 2.97. The van der Waals surface area contributed by atoms with Crippen LogP contribution in [0.5, 0.6) is 11.5 Å². The summed E-state index contributed by atoms with van der Waals surface area (Å²) < 4.78 is 13.7. The zero-order chi connectivity index (χ0) is 18.5. The van der Waals surface area contributed by atoms with E-state index in [1.165, 1.54) is 5.56 Å². The van der Waals surface area contributed by atoms with Crippen molar-refractivity contribution >= 4 is 12.2 Å². The molecule has 0 aliphatic heterocycles. The fourth-order valence-corrected chi connectivity index (χ4v) is 2.76. The predicted molar refractivity (Wildman–Crippen MR) is 104 cm³/mol. The van der Waals surface area contributed by atoms with Gasteiger partial charge in [-0.1, -0.05) is 35.9 Å². The topological polar surface area (TPSA) is 64.1 Å². The summed E-state index contributed by atoms with van der Waals surface area (Å²) in [6.07, 6.45) is 0. The van der Waals surface area contributed by atoms with Crippen molar-refractivity contribution in [3.63, 3.8) is 0 Å². The second-order valence-corrected chi connectivity index (χ2v) is 6.39. The van der Waals surface area contributed by atoms with Crippen molar-refractivity contribution in [3.8, 4) is 11.5 Å². The zero-order valence-electron chi connectivity index (χ0n) is 15.1. The number of nitrogens with zero attached hydrogens (tertiary/aromatic N) is 2. The van der Waals surface area contributed by atoms with Gasteiger partial charge in [0.25, 0.3) is 0 Å². The SMILES string of the molecule is COc1cc(CNn2c(C)n[nH]c2=S)ccc1OCc1ccc(C)cc1. The molecule has 0 fully saturated rings. The van der Waals surface area contributed by atoms with Gasteiger partial charge in [-0.3, -0.25) is 5.10 Å². The van der Waals surface area contributed by atoms with Crippen LogP contribution in [-0.2, 0) is 13.2 Å². The number of H-pyrrole nitrogens is 1. The fourth-order valence-electron chi connectivity index (χ4n) is 2.52. The molecule has 0 spiro atoms. The number of nitrogens with one attached hydrogen (secondary N) is 2. The van der Waals surface area contributed by atoms with Gasteiger partial charge in [-0.25, -0.2) is 4.68 Å². The number of rotatable bonds is 7. The molecule has 1 aromatic heterocycles. The molecule has 3 rings (SSSR count). The van der Waals surface area contributed by atoms with Gasteiger partial charge >= 0.3 is 0 Å². The van der Waals surface area contributed by atoms with E-state index in [9.17, 15) is 0 Å². The summed E-state index contributed by atoms with van der Waals surface area (Å²) in [5.74, 6) is 2.19. The number of hydrogen-bond donors (Lipinski definition) is 2. The number of benzene rings is 2. The molecular weight excluding hydrogens is 348 g/mol. The molecule has 2 aromatic carbocycles. The van der Waals surface area contributed by atoms with E-state index in [1.54, 1.807) is 11.8 Å². The number of aromatic amines is 1. The number of aromatic nitrogens is 3. The summed E-state index contributed by atoms with van der Waals surface area (Å²) in [7, 11) is 1.64. The van der Waals surface area contributed by atoms with Crippen LogP contribution in [0.1, 0.15) is 22.5 Å². The lowest BCUT2D eigenvalue weighted by atomic mass is 10.1. The molecule has 0 unspecified atom stereocenters. The number of aryl methyl sites for hydroxylation is 2. The van der Waals surface area contributed by atoms with Gasteiger partial charge < -0.3 is 14.9 Å². The third kappa shape index (κ3) is 4.23. The van der Waals surface area contributed by atoms with E-state index in [0.717, 1.165) is 17.0 Å². The summed E-state index contributed by atoms with van der Waals surface area (Å²) in [5, 5.41) is 6.82. The lowest BCUT2D eigenvalue weighted by Crippen LogP contribution is -2.16. The average molecular weight is 370 g/mol. The molecular formula is C19H22N4O2S. The second kappa shape index (κ2) is 8.05. The second-order valence-electron chi connectivity index (χ2n) is 6.01. The number of hydrogen-bond acceptors (Lipinski definition) is 5. The summed E-state index contributed by atoms with van der Waals surface area (Å²) in [6, 6.07) is 14.2. The molecule has 26 heavy (non-hydrogen) atoms. The van der Waals surface area contributed by atoms with Crippen molar-refractivity contribution < 1.29 is 9.47 Å². The highest BCUT2D eigenvalue weighted by atomic mass is 32.1. The first-order chi connectivity index (χ1) is 12.6. The molecule has 0 radical (unpaired) electrons. The molecule has 0 atom stereocenters. The van der Waals surface area contributed by atoms with Crippen LogP contribution in [0.25, 0.3) is 0 Å². The highest BCUT2D eigenvalue weighted by Crippen LogP contribution is 2.29. The van der Waals surface area contributed by atoms with Crippen molar-refractivity contribution in [1.29, 1.82) is 0 Å². The molecule has 0 aliphatic carbocycles. The smallest absolute Gasteiger partial charge is 0.214 e. The molecule has 1 heterocycles. The molecule has 136 valence electrons. The lowest BCUT2D eigenvalue weighted by molar-refractivity contribution is 0.284. The van der Waals surface area contributed by atoms with Crippen molar-refractivity contribution in [2.24, 2.45) is 0 Å². The minimum absolute atomic E-state index is 0.498. The largest absolute Gasteiger partial charge is 0.493 e. The maximum absolute atomic E-state index is 5.92. The first-order valence-electron chi connectivity index (χ1n) is 8.30. The van der Waals surface area contributed by atoms with Crippen LogP contribution in [0.2, 0.25) is 0 Å². The Balaban J connectivity index is 1.67.